The summed E-state index contributed by atoms with van der Waals surface area (Å²) in [6.45, 7) is 2.34. The molecule has 2 N–H and O–H groups in total. The summed E-state index contributed by atoms with van der Waals surface area (Å²) in [4.78, 5) is 9.96. The van der Waals surface area contributed by atoms with E-state index in [4.69, 9.17) is 0 Å². The van der Waals surface area contributed by atoms with Crippen molar-refractivity contribution in [3.63, 3.8) is 0 Å². The van der Waals surface area contributed by atoms with E-state index in [1.807, 2.05) is 0 Å². The number of sulfonamides is 1. The van der Waals surface area contributed by atoms with Crippen LogP contribution in [0.1, 0.15) is 25.7 Å². The first kappa shape index (κ1) is 19.8. The highest BCUT2D eigenvalue weighted by atomic mass is 35.5. The lowest BCUT2D eigenvalue weighted by Crippen LogP contribution is -2.29. The van der Waals surface area contributed by atoms with Gasteiger partial charge in [0.25, 0.3) is 5.69 Å². The Kier molecular flexibility index (Phi) is 7.90. The topological polar surface area (TPSA) is 101 Å². The summed E-state index contributed by atoms with van der Waals surface area (Å²) in [5.74, 6) is 0.636. The molecule has 0 radical (unpaired) electrons. The minimum atomic E-state index is -3.84. The van der Waals surface area contributed by atoms with E-state index in [0.29, 0.717) is 12.5 Å². The molecule has 0 bridgehead atoms. The maximum Gasteiger partial charge on any atom is 0.289 e. The smallest absolute Gasteiger partial charge is 0.289 e. The van der Waals surface area contributed by atoms with E-state index >= 15 is 0 Å². The molecule has 1 aliphatic heterocycles. The van der Waals surface area contributed by atoms with Crippen LogP contribution in [0.3, 0.4) is 0 Å². The van der Waals surface area contributed by atoms with E-state index in [1.165, 1.54) is 24.3 Å². The van der Waals surface area contributed by atoms with Crippen LogP contribution in [-0.2, 0) is 10.0 Å². The average molecular weight is 364 g/mol. The van der Waals surface area contributed by atoms with E-state index in [1.54, 1.807) is 0 Å². The summed E-state index contributed by atoms with van der Waals surface area (Å²) >= 11 is 0. The van der Waals surface area contributed by atoms with Gasteiger partial charge in [0, 0.05) is 12.6 Å². The zero-order valence-corrected chi connectivity index (χ0v) is 14.4. The molecule has 2 rings (SSSR count). The summed E-state index contributed by atoms with van der Waals surface area (Å²) in [6, 6.07) is 5.39. The summed E-state index contributed by atoms with van der Waals surface area (Å²) in [7, 11) is -3.84. The molecule has 0 atom stereocenters. The molecule has 0 amide bonds. The molecule has 1 aromatic rings. The molecule has 23 heavy (non-hydrogen) atoms. The highest BCUT2D eigenvalue weighted by Gasteiger charge is 2.24. The number of piperidine rings is 1. The van der Waals surface area contributed by atoms with Crippen molar-refractivity contribution < 1.29 is 13.3 Å². The minimum absolute atomic E-state index is 0. The quantitative estimate of drug-likeness (QED) is 0.438. The van der Waals surface area contributed by atoms with Gasteiger partial charge in [0.1, 0.15) is 0 Å². The van der Waals surface area contributed by atoms with Crippen LogP contribution in [-0.4, -0.2) is 33.0 Å². The van der Waals surface area contributed by atoms with Crippen molar-refractivity contribution in [3.05, 3.63) is 34.4 Å². The molecule has 0 aliphatic carbocycles. The van der Waals surface area contributed by atoms with Gasteiger partial charge in [-0.3, -0.25) is 10.1 Å². The zero-order valence-electron chi connectivity index (χ0n) is 12.7. The van der Waals surface area contributed by atoms with Crippen LogP contribution in [0.25, 0.3) is 0 Å². The standard InChI is InChI=1S/C14H21N3O4S.ClH/c18-17(19)13-5-1-2-6-14(13)22(20,21)16-9-3-4-12-7-10-15-11-8-12;/h1-2,5-6,12,15-16H,3-4,7-11H2;1H. The number of nitrogens with one attached hydrogen (secondary N) is 2. The van der Waals surface area contributed by atoms with E-state index in [-0.39, 0.29) is 17.3 Å². The van der Waals surface area contributed by atoms with Crippen molar-refractivity contribution in [3.8, 4) is 0 Å². The molecular weight excluding hydrogens is 342 g/mol. The molecule has 1 saturated heterocycles. The van der Waals surface area contributed by atoms with Gasteiger partial charge in [0.2, 0.25) is 10.0 Å². The molecule has 0 saturated carbocycles. The van der Waals surface area contributed by atoms with E-state index in [0.717, 1.165) is 38.8 Å². The fourth-order valence-electron chi connectivity index (χ4n) is 2.68. The zero-order chi connectivity index (χ0) is 16.0. The van der Waals surface area contributed by atoms with Gasteiger partial charge in [-0.1, -0.05) is 12.1 Å². The van der Waals surface area contributed by atoms with Gasteiger partial charge in [-0.15, -0.1) is 12.4 Å². The van der Waals surface area contributed by atoms with Gasteiger partial charge < -0.3 is 5.32 Å². The van der Waals surface area contributed by atoms with Crippen LogP contribution in [0.2, 0.25) is 0 Å². The highest BCUT2D eigenvalue weighted by Crippen LogP contribution is 2.23. The second-order valence-corrected chi connectivity index (χ2v) is 7.19. The Bertz CT molecular complexity index is 618. The van der Waals surface area contributed by atoms with Crippen LogP contribution in [0, 0.1) is 16.0 Å². The first-order chi connectivity index (χ1) is 10.5. The molecule has 0 unspecified atom stereocenters. The Hall–Kier alpha value is -1.22. The number of nitrogens with zero attached hydrogens (tertiary/aromatic N) is 1. The Morgan fingerprint density at radius 2 is 1.91 bits per heavy atom. The van der Waals surface area contributed by atoms with Crippen molar-refractivity contribution in [2.45, 2.75) is 30.6 Å². The van der Waals surface area contributed by atoms with Crippen LogP contribution in [0.15, 0.2) is 29.2 Å². The lowest BCUT2D eigenvalue weighted by atomic mass is 9.93. The molecule has 1 fully saturated rings. The second-order valence-electron chi connectivity index (χ2n) is 5.46. The normalized spacial score (nSPS) is 15.8. The Morgan fingerprint density at radius 1 is 1.26 bits per heavy atom. The number of halogens is 1. The van der Waals surface area contributed by atoms with Gasteiger partial charge in [-0.2, -0.15) is 0 Å². The van der Waals surface area contributed by atoms with E-state index < -0.39 is 20.6 Å². The van der Waals surface area contributed by atoms with Crippen LogP contribution >= 0.6 is 12.4 Å². The Morgan fingerprint density at radius 3 is 2.57 bits per heavy atom. The summed E-state index contributed by atoms with van der Waals surface area (Å²) in [5, 5.41) is 14.2. The van der Waals surface area contributed by atoms with Crippen molar-refractivity contribution in [1.29, 1.82) is 0 Å². The van der Waals surface area contributed by atoms with Gasteiger partial charge in [-0.25, -0.2) is 13.1 Å². The predicted molar refractivity (Wildman–Crippen MR) is 90.4 cm³/mol. The predicted octanol–water partition coefficient (Wildman–Crippen LogP) is 2.07. The number of benzene rings is 1. The fraction of sp³-hybridized carbons (Fsp3) is 0.571. The second kappa shape index (κ2) is 9.17. The van der Waals surface area contributed by atoms with Crippen molar-refractivity contribution in [2.75, 3.05) is 19.6 Å². The van der Waals surface area contributed by atoms with Crippen molar-refractivity contribution in [2.24, 2.45) is 5.92 Å². The molecular formula is C14H22ClN3O4S. The monoisotopic (exact) mass is 363 g/mol. The molecule has 7 nitrogen and oxygen atoms in total. The molecule has 1 heterocycles. The molecule has 1 aromatic carbocycles. The number of para-hydroxylation sites is 1. The molecule has 0 spiro atoms. The minimum Gasteiger partial charge on any atom is -0.317 e. The number of nitro groups is 1. The number of rotatable bonds is 7. The average Bonchev–Trinajstić information content (AvgIpc) is 2.52. The van der Waals surface area contributed by atoms with Crippen LogP contribution < -0.4 is 10.0 Å². The summed E-state index contributed by atoms with van der Waals surface area (Å²) < 4.78 is 26.8. The third-order valence-electron chi connectivity index (χ3n) is 3.89. The molecule has 1 aliphatic rings. The lowest BCUT2D eigenvalue weighted by Gasteiger charge is -2.22. The first-order valence-corrected chi connectivity index (χ1v) is 8.93. The number of nitro benzene ring substituents is 1. The maximum atomic E-state index is 12.2. The SMILES string of the molecule is Cl.O=[N+]([O-])c1ccccc1S(=O)(=O)NCCCC1CCNCC1. The van der Waals surface area contributed by atoms with Crippen LogP contribution in [0.5, 0.6) is 0 Å². The lowest BCUT2D eigenvalue weighted by molar-refractivity contribution is -0.387. The van der Waals surface area contributed by atoms with Crippen LogP contribution in [0.4, 0.5) is 5.69 Å². The third-order valence-corrected chi connectivity index (χ3v) is 5.40. The Labute approximate surface area is 142 Å². The number of hydrogen-bond donors (Lipinski definition) is 2. The van der Waals surface area contributed by atoms with Crippen molar-refractivity contribution >= 4 is 28.1 Å². The Balaban J connectivity index is 0.00000264. The van der Waals surface area contributed by atoms with Gasteiger partial charge in [0.15, 0.2) is 4.90 Å². The summed E-state index contributed by atoms with van der Waals surface area (Å²) in [5.41, 5.74) is -0.395. The summed E-state index contributed by atoms with van der Waals surface area (Å²) in [6.07, 6.45) is 3.96. The third kappa shape index (κ3) is 5.72. The van der Waals surface area contributed by atoms with Gasteiger partial charge in [0.05, 0.1) is 4.92 Å². The molecule has 0 aromatic heterocycles. The van der Waals surface area contributed by atoms with E-state index in [2.05, 4.69) is 10.0 Å². The van der Waals surface area contributed by atoms with Gasteiger partial charge in [-0.05, 0) is 50.8 Å². The van der Waals surface area contributed by atoms with E-state index in [9.17, 15) is 18.5 Å². The van der Waals surface area contributed by atoms with Gasteiger partial charge >= 0.3 is 0 Å². The first-order valence-electron chi connectivity index (χ1n) is 7.44. The number of hydrogen-bond acceptors (Lipinski definition) is 5. The molecule has 9 heteroatoms. The fourth-order valence-corrected chi connectivity index (χ4v) is 3.92. The largest absolute Gasteiger partial charge is 0.317 e. The van der Waals surface area contributed by atoms with Crippen molar-refractivity contribution in [1.82, 2.24) is 10.0 Å². The molecule has 130 valence electrons. The highest BCUT2D eigenvalue weighted by molar-refractivity contribution is 7.89. The maximum absolute atomic E-state index is 12.2.